The highest BCUT2D eigenvalue weighted by molar-refractivity contribution is 7.86. The van der Waals surface area contributed by atoms with Gasteiger partial charge in [0.15, 0.2) is 16.1 Å². The van der Waals surface area contributed by atoms with Gasteiger partial charge < -0.3 is 19.5 Å². The summed E-state index contributed by atoms with van der Waals surface area (Å²) >= 11 is 1.65. The molecule has 0 aliphatic heterocycles. The van der Waals surface area contributed by atoms with E-state index in [1.807, 2.05) is 50.2 Å². The highest BCUT2D eigenvalue weighted by Crippen LogP contribution is 2.37. The first-order valence-electron chi connectivity index (χ1n) is 11.2. The number of hydrogen-bond donors (Lipinski definition) is 2. The SMILES string of the molecule is COc1ccc(NS(=O)c2cc(-c3sc(NC4CCCCC4)nc3C)ccc2OC)c(C)c1. The number of thiazole rings is 1. The van der Waals surface area contributed by atoms with Crippen molar-refractivity contribution in [2.24, 2.45) is 0 Å². The van der Waals surface area contributed by atoms with Crippen LogP contribution < -0.4 is 19.5 Å². The van der Waals surface area contributed by atoms with Crippen LogP contribution in [0, 0.1) is 13.8 Å². The molecule has 2 aromatic carbocycles. The Morgan fingerprint density at radius 2 is 1.82 bits per heavy atom. The lowest BCUT2D eigenvalue weighted by Gasteiger charge is -2.22. The number of hydrogen-bond acceptors (Lipinski definition) is 6. The summed E-state index contributed by atoms with van der Waals surface area (Å²) in [6, 6.07) is 12.0. The van der Waals surface area contributed by atoms with E-state index in [1.165, 1.54) is 32.1 Å². The first-order valence-corrected chi connectivity index (χ1v) is 13.2. The highest BCUT2D eigenvalue weighted by Gasteiger charge is 2.19. The molecule has 2 N–H and O–H groups in total. The van der Waals surface area contributed by atoms with E-state index in [2.05, 4.69) is 10.0 Å². The molecular formula is C25H31N3O3S2. The number of aryl methyl sites for hydroxylation is 2. The number of benzene rings is 2. The number of ether oxygens (including phenoxy) is 2. The Labute approximate surface area is 202 Å². The molecule has 0 radical (unpaired) electrons. The van der Waals surface area contributed by atoms with Gasteiger partial charge in [-0.15, -0.1) is 0 Å². The van der Waals surface area contributed by atoms with E-state index in [0.29, 0.717) is 16.7 Å². The van der Waals surface area contributed by atoms with Crippen molar-refractivity contribution in [3.8, 4) is 21.9 Å². The second kappa shape index (κ2) is 10.6. The summed E-state index contributed by atoms with van der Waals surface area (Å²) in [6.07, 6.45) is 6.30. The van der Waals surface area contributed by atoms with Crippen molar-refractivity contribution in [1.82, 2.24) is 4.98 Å². The van der Waals surface area contributed by atoms with Crippen LogP contribution >= 0.6 is 11.3 Å². The van der Waals surface area contributed by atoms with Crippen LogP contribution in [0.25, 0.3) is 10.4 Å². The van der Waals surface area contributed by atoms with Crippen LogP contribution in [0.4, 0.5) is 10.8 Å². The molecule has 6 nitrogen and oxygen atoms in total. The van der Waals surface area contributed by atoms with Crippen molar-refractivity contribution in [3.63, 3.8) is 0 Å². The molecule has 33 heavy (non-hydrogen) atoms. The van der Waals surface area contributed by atoms with Gasteiger partial charge >= 0.3 is 0 Å². The van der Waals surface area contributed by atoms with Crippen LogP contribution in [0.3, 0.4) is 0 Å². The van der Waals surface area contributed by atoms with Gasteiger partial charge in [0.1, 0.15) is 16.4 Å². The Bertz CT molecular complexity index is 1140. The maximum Gasteiger partial charge on any atom is 0.183 e. The molecule has 1 unspecified atom stereocenters. The Morgan fingerprint density at radius 1 is 1.03 bits per heavy atom. The zero-order chi connectivity index (χ0) is 23.4. The lowest BCUT2D eigenvalue weighted by Crippen LogP contribution is -2.21. The number of nitrogens with zero attached hydrogens (tertiary/aromatic N) is 1. The largest absolute Gasteiger partial charge is 0.497 e. The van der Waals surface area contributed by atoms with Gasteiger partial charge in [-0.25, -0.2) is 9.19 Å². The first-order chi connectivity index (χ1) is 16.0. The van der Waals surface area contributed by atoms with Gasteiger partial charge in [-0.2, -0.15) is 0 Å². The number of aromatic nitrogens is 1. The quantitative estimate of drug-likeness (QED) is 0.390. The van der Waals surface area contributed by atoms with Gasteiger partial charge in [0.2, 0.25) is 0 Å². The van der Waals surface area contributed by atoms with E-state index in [0.717, 1.165) is 38.3 Å². The second-order valence-corrected chi connectivity index (χ2v) is 10.5. The lowest BCUT2D eigenvalue weighted by atomic mass is 9.96. The molecule has 1 aromatic heterocycles. The maximum absolute atomic E-state index is 13.3. The summed E-state index contributed by atoms with van der Waals surface area (Å²) in [5.41, 5.74) is 3.70. The molecule has 0 spiro atoms. The molecule has 1 fully saturated rings. The van der Waals surface area contributed by atoms with Crippen LogP contribution in [0.2, 0.25) is 0 Å². The molecule has 4 rings (SSSR count). The van der Waals surface area contributed by atoms with Crippen LogP contribution in [0.5, 0.6) is 11.5 Å². The zero-order valence-electron chi connectivity index (χ0n) is 19.6. The van der Waals surface area contributed by atoms with E-state index >= 15 is 0 Å². The van der Waals surface area contributed by atoms with E-state index < -0.39 is 11.0 Å². The van der Waals surface area contributed by atoms with Crippen LogP contribution in [-0.4, -0.2) is 29.5 Å². The number of nitrogens with one attached hydrogen (secondary N) is 2. The standard InChI is InChI=1S/C25H31N3O3S2/c1-16-14-20(30-3)11-12-21(16)28-33(29)23-15-18(10-13-22(23)31-4)24-17(2)26-25(32-24)27-19-8-6-5-7-9-19/h10-15,19,28H,5-9H2,1-4H3,(H,26,27). The van der Waals surface area contributed by atoms with Gasteiger partial charge in [-0.3, -0.25) is 0 Å². The highest BCUT2D eigenvalue weighted by atomic mass is 32.2. The van der Waals surface area contributed by atoms with Crippen molar-refractivity contribution in [2.75, 3.05) is 24.3 Å². The van der Waals surface area contributed by atoms with Gasteiger partial charge in [0.05, 0.1) is 24.8 Å². The Balaban J connectivity index is 1.58. The summed E-state index contributed by atoms with van der Waals surface area (Å²) in [5.74, 6) is 1.35. The number of anilines is 2. The summed E-state index contributed by atoms with van der Waals surface area (Å²) in [5, 5.41) is 4.58. The van der Waals surface area contributed by atoms with Gasteiger partial charge in [0, 0.05) is 11.7 Å². The Kier molecular flexibility index (Phi) is 7.55. The predicted octanol–water partition coefficient (Wildman–Crippen LogP) is 6.32. The number of rotatable bonds is 8. The molecular weight excluding hydrogens is 454 g/mol. The third kappa shape index (κ3) is 5.50. The monoisotopic (exact) mass is 485 g/mol. The van der Waals surface area contributed by atoms with Crippen molar-refractivity contribution in [1.29, 1.82) is 0 Å². The molecule has 8 heteroatoms. The normalized spacial score (nSPS) is 15.2. The lowest BCUT2D eigenvalue weighted by molar-refractivity contribution is 0.404. The van der Waals surface area contributed by atoms with Crippen LogP contribution in [-0.2, 0) is 11.0 Å². The number of methoxy groups -OCH3 is 2. The molecule has 1 atom stereocenters. The molecule has 0 amide bonds. The fraction of sp³-hybridized carbons (Fsp3) is 0.400. The molecule has 1 aliphatic rings. The molecule has 1 saturated carbocycles. The molecule has 0 saturated heterocycles. The summed E-state index contributed by atoms with van der Waals surface area (Å²) in [4.78, 5) is 6.44. The Morgan fingerprint density at radius 3 is 2.52 bits per heavy atom. The predicted molar refractivity (Wildman–Crippen MR) is 137 cm³/mol. The topological polar surface area (TPSA) is 72.5 Å². The molecule has 1 heterocycles. The summed E-state index contributed by atoms with van der Waals surface area (Å²) in [7, 11) is 1.73. The molecule has 3 aromatic rings. The van der Waals surface area contributed by atoms with Gasteiger partial charge in [0.25, 0.3) is 0 Å². The minimum atomic E-state index is -1.50. The second-order valence-electron chi connectivity index (χ2n) is 8.33. The van der Waals surface area contributed by atoms with Crippen molar-refractivity contribution < 1.29 is 13.7 Å². The maximum atomic E-state index is 13.3. The average Bonchev–Trinajstić information content (AvgIpc) is 3.20. The van der Waals surface area contributed by atoms with Crippen LogP contribution in [0.1, 0.15) is 43.4 Å². The fourth-order valence-corrected chi connectivity index (χ4v) is 6.29. The van der Waals surface area contributed by atoms with E-state index in [9.17, 15) is 4.21 Å². The fourth-order valence-electron chi connectivity index (χ4n) is 4.14. The minimum absolute atomic E-state index is 0.507. The third-order valence-corrected chi connectivity index (χ3v) is 8.25. The van der Waals surface area contributed by atoms with E-state index in [4.69, 9.17) is 14.5 Å². The van der Waals surface area contributed by atoms with E-state index in [-0.39, 0.29) is 0 Å². The van der Waals surface area contributed by atoms with E-state index in [1.54, 1.807) is 25.6 Å². The smallest absolute Gasteiger partial charge is 0.183 e. The molecule has 0 bridgehead atoms. The van der Waals surface area contributed by atoms with Crippen LogP contribution in [0.15, 0.2) is 41.3 Å². The van der Waals surface area contributed by atoms with Crippen molar-refractivity contribution in [2.45, 2.75) is 56.9 Å². The molecule has 176 valence electrons. The average molecular weight is 486 g/mol. The summed E-state index contributed by atoms with van der Waals surface area (Å²) in [6.45, 7) is 3.98. The third-order valence-electron chi connectivity index (χ3n) is 5.99. The van der Waals surface area contributed by atoms with Gasteiger partial charge in [-0.1, -0.05) is 30.6 Å². The van der Waals surface area contributed by atoms with Crippen molar-refractivity contribution in [3.05, 3.63) is 47.7 Å². The first kappa shape index (κ1) is 23.6. The van der Waals surface area contributed by atoms with Crippen molar-refractivity contribution >= 4 is 33.1 Å². The van der Waals surface area contributed by atoms with Gasteiger partial charge in [-0.05, 0) is 74.2 Å². The zero-order valence-corrected chi connectivity index (χ0v) is 21.2. The minimum Gasteiger partial charge on any atom is -0.497 e. The Hall–Kier alpha value is -2.58. The molecule has 1 aliphatic carbocycles. The summed E-state index contributed by atoms with van der Waals surface area (Å²) < 4.78 is 27.2.